The largest absolute Gasteiger partial charge is 0.487 e. The average Bonchev–Trinajstić information content (AvgIpc) is 3.02. The number of anilines is 1. The van der Waals surface area contributed by atoms with Gasteiger partial charge in [-0.3, -0.25) is 4.79 Å². The molecule has 8 heteroatoms. The molecule has 1 aliphatic rings. The van der Waals surface area contributed by atoms with Gasteiger partial charge < -0.3 is 19.8 Å². The first kappa shape index (κ1) is 22.0. The molecule has 3 heterocycles. The minimum atomic E-state index is -0.00111. The monoisotopic (exact) mass is 422 g/mol. The molecule has 2 N–H and O–H groups in total. The van der Waals surface area contributed by atoms with Gasteiger partial charge in [0, 0.05) is 30.1 Å². The van der Waals surface area contributed by atoms with E-state index in [1.165, 1.54) is 0 Å². The summed E-state index contributed by atoms with van der Waals surface area (Å²) >= 11 is 0. The quantitative estimate of drug-likeness (QED) is 0.637. The Hall–Kier alpha value is -2.28. The first-order valence-electron chi connectivity index (χ1n) is 8.86. The van der Waals surface area contributed by atoms with Crippen molar-refractivity contribution in [3.8, 4) is 5.75 Å². The zero-order chi connectivity index (χ0) is 17.9. The topological polar surface area (TPSA) is 67.7 Å². The van der Waals surface area contributed by atoms with Gasteiger partial charge in [-0.25, -0.2) is 4.98 Å². The Kier molecular flexibility index (Phi) is 7.69. The molecular weight excluding hydrogens is 399 g/mol. The molecule has 2 aromatic heterocycles. The average molecular weight is 423 g/mol. The predicted octanol–water partition coefficient (Wildman–Crippen LogP) is 3.55. The molecule has 1 fully saturated rings. The molecule has 1 unspecified atom stereocenters. The first-order valence-corrected chi connectivity index (χ1v) is 8.86. The Labute approximate surface area is 176 Å². The van der Waals surface area contributed by atoms with Crippen molar-refractivity contribution < 1.29 is 9.53 Å². The van der Waals surface area contributed by atoms with E-state index in [4.69, 9.17) is 4.74 Å². The van der Waals surface area contributed by atoms with E-state index in [-0.39, 0.29) is 36.6 Å². The maximum absolute atomic E-state index is 12.3. The van der Waals surface area contributed by atoms with Crippen molar-refractivity contribution in [3.05, 3.63) is 60.6 Å². The van der Waals surface area contributed by atoms with Gasteiger partial charge in [-0.2, -0.15) is 0 Å². The van der Waals surface area contributed by atoms with Crippen LogP contribution in [0.1, 0.15) is 12.6 Å². The molecule has 1 atom stereocenters. The summed E-state index contributed by atoms with van der Waals surface area (Å²) in [6.45, 7) is 4.18. The van der Waals surface area contributed by atoms with Crippen molar-refractivity contribution in [1.29, 1.82) is 0 Å². The molecule has 3 aromatic rings. The van der Waals surface area contributed by atoms with Crippen molar-refractivity contribution in [3.63, 3.8) is 0 Å². The number of amides is 1. The SMILES string of the molecule is CC(C(=O)Nc1cccc(OCc2cn3ccccc3n2)c1)C1CNC1.Cl.Cl. The molecule has 6 nitrogen and oxygen atoms in total. The van der Waals surface area contributed by atoms with Crippen LogP contribution in [0.15, 0.2) is 54.9 Å². The van der Waals surface area contributed by atoms with Crippen molar-refractivity contribution in [2.45, 2.75) is 13.5 Å². The molecule has 0 aliphatic carbocycles. The van der Waals surface area contributed by atoms with Crippen LogP contribution in [0.4, 0.5) is 5.69 Å². The lowest BCUT2D eigenvalue weighted by Gasteiger charge is -2.31. The maximum Gasteiger partial charge on any atom is 0.227 e. The lowest BCUT2D eigenvalue weighted by Crippen LogP contribution is -2.48. The fourth-order valence-corrected chi connectivity index (χ4v) is 3.01. The number of nitrogens with zero attached hydrogens (tertiary/aromatic N) is 2. The van der Waals surface area contributed by atoms with E-state index in [1.807, 2.05) is 66.2 Å². The number of nitrogens with one attached hydrogen (secondary N) is 2. The molecule has 1 amide bonds. The van der Waals surface area contributed by atoms with Crippen LogP contribution < -0.4 is 15.4 Å². The molecule has 4 rings (SSSR count). The number of hydrogen-bond acceptors (Lipinski definition) is 4. The minimum absolute atomic E-state index is 0. The van der Waals surface area contributed by atoms with Crippen LogP contribution in [0.25, 0.3) is 5.65 Å². The number of pyridine rings is 1. The smallest absolute Gasteiger partial charge is 0.227 e. The van der Waals surface area contributed by atoms with E-state index in [9.17, 15) is 4.79 Å². The minimum Gasteiger partial charge on any atom is -0.487 e. The third-order valence-corrected chi connectivity index (χ3v) is 4.84. The van der Waals surface area contributed by atoms with Crippen molar-refractivity contribution in [2.24, 2.45) is 11.8 Å². The summed E-state index contributed by atoms with van der Waals surface area (Å²) in [6, 6.07) is 13.4. The summed E-state index contributed by atoms with van der Waals surface area (Å²) in [5.41, 5.74) is 2.50. The molecular formula is C20H24Cl2N4O2. The van der Waals surface area contributed by atoms with Crippen LogP contribution in [0, 0.1) is 11.8 Å². The number of hydrogen-bond donors (Lipinski definition) is 2. The van der Waals surface area contributed by atoms with E-state index in [0.717, 1.165) is 30.1 Å². The van der Waals surface area contributed by atoms with E-state index in [1.54, 1.807) is 0 Å². The second-order valence-corrected chi connectivity index (χ2v) is 6.71. The summed E-state index contributed by atoms with van der Waals surface area (Å²) in [5, 5.41) is 6.19. The molecule has 0 radical (unpaired) electrons. The Morgan fingerprint density at radius 2 is 2.11 bits per heavy atom. The number of benzene rings is 1. The molecule has 0 saturated carbocycles. The highest BCUT2D eigenvalue weighted by Crippen LogP contribution is 2.22. The third-order valence-electron chi connectivity index (χ3n) is 4.84. The molecule has 0 spiro atoms. The Bertz CT molecular complexity index is 894. The summed E-state index contributed by atoms with van der Waals surface area (Å²) in [6.07, 6.45) is 3.91. The van der Waals surface area contributed by atoms with Crippen LogP contribution in [-0.4, -0.2) is 28.4 Å². The van der Waals surface area contributed by atoms with Gasteiger partial charge in [-0.1, -0.05) is 19.1 Å². The van der Waals surface area contributed by atoms with Crippen LogP contribution in [0.5, 0.6) is 5.75 Å². The van der Waals surface area contributed by atoms with Crippen molar-refractivity contribution >= 4 is 42.1 Å². The number of aromatic nitrogens is 2. The lowest BCUT2D eigenvalue weighted by atomic mass is 9.88. The summed E-state index contributed by atoms with van der Waals surface area (Å²) in [5.74, 6) is 1.18. The summed E-state index contributed by atoms with van der Waals surface area (Å²) in [4.78, 5) is 16.9. The predicted molar refractivity (Wildman–Crippen MR) is 115 cm³/mol. The number of halogens is 2. The molecule has 0 bridgehead atoms. The number of ether oxygens (including phenoxy) is 1. The Morgan fingerprint density at radius 3 is 2.82 bits per heavy atom. The zero-order valence-electron chi connectivity index (χ0n) is 15.5. The second-order valence-electron chi connectivity index (χ2n) is 6.71. The maximum atomic E-state index is 12.3. The molecule has 28 heavy (non-hydrogen) atoms. The number of rotatable bonds is 6. The van der Waals surface area contributed by atoms with Gasteiger partial charge in [-0.05, 0) is 43.3 Å². The molecule has 150 valence electrons. The van der Waals surface area contributed by atoms with E-state index >= 15 is 0 Å². The van der Waals surface area contributed by atoms with Gasteiger partial charge in [0.15, 0.2) is 0 Å². The van der Waals surface area contributed by atoms with Gasteiger partial charge >= 0.3 is 0 Å². The molecule has 1 saturated heterocycles. The third kappa shape index (κ3) is 4.95. The van der Waals surface area contributed by atoms with Crippen LogP contribution >= 0.6 is 24.8 Å². The number of imidazole rings is 1. The number of carbonyl (C=O) groups excluding carboxylic acids is 1. The Morgan fingerprint density at radius 1 is 1.29 bits per heavy atom. The van der Waals surface area contributed by atoms with E-state index in [0.29, 0.717) is 18.3 Å². The van der Waals surface area contributed by atoms with E-state index < -0.39 is 0 Å². The molecule has 1 aliphatic heterocycles. The van der Waals surface area contributed by atoms with E-state index in [2.05, 4.69) is 15.6 Å². The van der Waals surface area contributed by atoms with Gasteiger partial charge in [0.05, 0.1) is 5.69 Å². The van der Waals surface area contributed by atoms with Crippen LogP contribution in [0.3, 0.4) is 0 Å². The van der Waals surface area contributed by atoms with Gasteiger partial charge in [0.1, 0.15) is 18.0 Å². The fraction of sp³-hybridized carbons (Fsp3) is 0.300. The normalized spacial score (nSPS) is 14.3. The second kappa shape index (κ2) is 9.78. The van der Waals surface area contributed by atoms with Gasteiger partial charge in [0.2, 0.25) is 5.91 Å². The zero-order valence-corrected chi connectivity index (χ0v) is 17.1. The van der Waals surface area contributed by atoms with Gasteiger partial charge in [0.25, 0.3) is 0 Å². The molecule has 1 aromatic carbocycles. The Balaban J connectivity index is 0.00000140. The lowest BCUT2D eigenvalue weighted by molar-refractivity contribution is -0.121. The standard InChI is InChI=1S/C20H22N4O2.2ClH/c1-14(15-10-21-11-15)20(25)23-16-5-4-6-18(9-16)26-13-17-12-24-8-3-2-7-19(24)22-17;;/h2-9,12,14-15,21H,10-11,13H2,1H3,(H,23,25);2*1H. The highest BCUT2D eigenvalue weighted by molar-refractivity contribution is 5.92. The summed E-state index contributed by atoms with van der Waals surface area (Å²) in [7, 11) is 0. The van der Waals surface area contributed by atoms with Crippen LogP contribution in [0.2, 0.25) is 0 Å². The van der Waals surface area contributed by atoms with Crippen molar-refractivity contribution in [2.75, 3.05) is 18.4 Å². The van der Waals surface area contributed by atoms with Gasteiger partial charge in [-0.15, -0.1) is 24.8 Å². The highest BCUT2D eigenvalue weighted by atomic mass is 35.5. The first-order chi connectivity index (χ1) is 12.7. The fourth-order valence-electron chi connectivity index (χ4n) is 3.01. The van der Waals surface area contributed by atoms with Crippen molar-refractivity contribution in [1.82, 2.24) is 14.7 Å². The van der Waals surface area contributed by atoms with Crippen LogP contribution in [-0.2, 0) is 11.4 Å². The summed E-state index contributed by atoms with van der Waals surface area (Å²) < 4.78 is 7.81. The highest BCUT2D eigenvalue weighted by Gasteiger charge is 2.28. The number of carbonyl (C=O) groups is 1. The number of fused-ring (bicyclic) bond motifs is 1.